The Hall–Kier alpha value is -3.59. The molecule has 0 fully saturated rings. The molecule has 0 spiro atoms. The minimum absolute atomic E-state index is 0.0337. The van der Waals surface area contributed by atoms with Gasteiger partial charge in [0.1, 0.15) is 17.3 Å². The van der Waals surface area contributed by atoms with Crippen LogP contribution in [0.3, 0.4) is 0 Å². The first kappa shape index (κ1) is 16.3. The van der Waals surface area contributed by atoms with Gasteiger partial charge in [-0.2, -0.15) is 5.26 Å². The number of nitrogens with one attached hydrogen (secondary N) is 1. The van der Waals surface area contributed by atoms with Crippen molar-refractivity contribution < 1.29 is 4.79 Å². The summed E-state index contributed by atoms with van der Waals surface area (Å²) >= 11 is 0. The average molecular weight is 331 g/mol. The van der Waals surface area contributed by atoms with Crippen LogP contribution in [0.25, 0.3) is 10.9 Å². The highest BCUT2D eigenvalue weighted by atomic mass is 16.1. The summed E-state index contributed by atoms with van der Waals surface area (Å²) in [6.45, 7) is 0. The zero-order chi connectivity index (χ0) is 18.0. The molecule has 0 unspecified atom stereocenters. The monoisotopic (exact) mass is 331 g/mol. The molecule has 1 heterocycles. The number of amides is 1. The van der Waals surface area contributed by atoms with E-state index in [1.54, 1.807) is 6.07 Å². The first-order valence-electron chi connectivity index (χ1n) is 7.68. The first-order chi connectivity index (χ1) is 12.0. The van der Waals surface area contributed by atoms with Crippen molar-refractivity contribution in [3.63, 3.8) is 0 Å². The van der Waals surface area contributed by atoms with E-state index in [2.05, 4.69) is 16.4 Å². The summed E-state index contributed by atoms with van der Waals surface area (Å²) in [4.78, 5) is 18.0. The molecule has 0 aliphatic heterocycles. The molecule has 1 amide bonds. The fraction of sp³-hybridized carbons (Fsp3) is 0.105. The zero-order valence-electron chi connectivity index (χ0n) is 13.9. The molecule has 0 saturated heterocycles. The van der Waals surface area contributed by atoms with Crippen LogP contribution in [0.15, 0.2) is 48.5 Å². The lowest BCUT2D eigenvalue weighted by molar-refractivity contribution is 0.0995. The summed E-state index contributed by atoms with van der Waals surface area (Å²) in [5.74, 6) is -0.728. The summed E-state index contributed by atoms with van der Waals surface area (Å²) in [7, 11) is 3.93. The molecule has 0 aliphatic carbocycles. The van der Waals surface area contributed by atoms with Gasteiger partial charge in [-0.15, -0.1) is 0 Å². The third-order valence-corrected chi connectivity index (χ3v) is 3.89. The van der Waals surface area contributed by atoms with Gasteiger partial charge in [0.25, 0.3) is 5.91 Å². The number of anilines is 3. The van der Waals surface area contributed by atoms with E-state index in [1.165, 1.54) is 0 Å². The quantitative estimate of drug-likeness (QED) is 0.766. The minimum Gasteiger partial charge on any atom is -0.378 e. The molecule has 0 atom stereocenters. The Balaban J connectivity index is 2.16. The van der Waals surface area contributed by atoms with Crippen LogP contribution < -0.4 is 16.0 Å². The number of nitriles is 1. The van der Waals surface area contributed by atoms with Crippen molar-refractivity contribution in [2.24, 2.45) is 5.73 Å². The largest absolute Gasteiger partial charge is 0.378 e. The molecule has 3 aromatic rings. The van der Waals surface area contributed by atoms with Crippen LogP contribution in [0.5, 0.6) is 0 Å². The molecule has 0 radical (unpaired) electrons. The number of benzene rings is 2. The molecule has 3 N–H and O–H groups in total. The zero-order valence-corrected chi connectivity index (χ0v) is 13.9. The van der Waals surface area contributed by atoms with E-state index >= 15 is 0 Å². The van der Waals surface area contributed by atoms with Gasteiger partial charge in [0.05, 0.1) is 11.2 Å². The number of carbonyl (C=O) groups is 1. The Morgan fingerprint density at radius 1 is 1.16 bits per heavy atom. The second-order valence-corrected chi connectivity index (χ2v) is 5.77. The van der Waals surface area contributed by atoms with Gasteiger partial charge in [-0.1, -0.05) is 18.2 Å². The van der Waals surface area contributed by atoms with Gasteiger partial charge in [0, 0.05) is 30.9 Å². The molecule has 2 aromatic carbocycles. The normalized spacial score (nSPS) is 10.3. The van der Waals surface area contributed by atoms with Crippen LogP contribution in [0.1, 0.15) is 16.1 Å². The predicted octanol–water partition coefficient (Wildman–Crippen LogP) is 3.01. The maximum Gasteiger partial charge on any atom is 0.268 e. The number of rotatable bonds is 4. The van der Waals surface area contributed by atoms with Crippen LogP contribution >= 0.6 is 0 Å². The van der Waals surface area contributed by atoms with Gasteiger partial charge in [-0.25, -0.2) is 4.98 Å². The molecular weight excluding hydrogens is 314 g/mol. The molecule has 0 bridgehead atoms. The van der Waals surface area contributed by atoms with E-state index in [1.807, 2.05) is 61.5 Å². The second-order valence-electron chi connectivity index (χ2n) is 5.77. The number of carbonyl (C=O) groups excluding carboxylic acids is 1. The van der Waals surface area contributed by atoms with Crippen LogP contribution in [-0.2, 0) is 0 Å². The number of fused-ring (bicyclic) bond motifs is 1. The Labute approximate surface area is 145 Å². The second kappa shape index (κ2) is 6.49. The Bertz CT molecular complexity index is 987. The molecule has 6 heteroatoms. The van der Waals surface area contributed by atoms with E-state index in [-0.39, 0.29) is 11.3 Å². The van der Waals surface area contributed by atoms with Crippen LogP contribution in [0, 0.1) is 11.3 Å². The minimum atomic E-state index is -0.728. The number of hydrogen-bond donors (Lipinski definition) is 2. The standard InChI is InChI=1S/C19H17N5O/c1-24(2)13-9-7-12(8-10-13)22-17-14-5-3-4-6-16(14)23-18(19(21)25)15(17)11-20/h3-10H,1-2H3,(H2,21,25)(H,22,23). The number of pyridine rings is 1. The van der Waals surface area contributed by atoms with Crippen molar-refractivity contribution in [1.29, 1.82) is 5.26 Å². The Kier molecular flexibility index (Phi) is 4.23. The fourth-order valence-electron chi connectivity index (χ4n) is 2.62. The summed E-state index contributed by atoms with van der Waals surface area (Å²) in [6, 6.07) is 17.1. The summed E-state index contributed by atoms with van der Waals surface area (Å²) in [6.07, 6.45) is 0. The first-order valence-corrected chi connectivity index (χ1v) is 7.68. The molecule has 0 aliphatic rings. The predicted molar refractivity (Wildman–Crippen MR) is 99.0 cm³/mol. The van der Waals surface area contributed by atoms with Crippen molar-refractivity contribution in [3.05, 3.63) is 59.8 Å². The molecule has 124 valence electrons. The number of nitrogens with zero attached hydrogens (tertiary/aromatic N) is 3. The van der Waals surface area contributed by atoms with E-state index in [0.717, 1.165) is 16.8 Å². The third kappa shape index (κ3) is 3.08. The molecular formula is C19H17N5O. The third-order valence-electron chi connectivity index (χ3n) is 3.89. The highest BCUT2D eigenvalue weighted by Crippen LogP contribution is 2.31. The lowest BCUT2D eigenvalue weighted by Gasteiger charge is -2.16. The van der Waals surface area contributed by atoms with Crippen molar-refractivity contribution in [3.8, 4) is 6.07 Å². The topological polar surface area (TPSA) is 95.0 Å². The van der Waals surface area contributed by atoms with Gasteiger partial charge in [0.15, 0.2) is 0 Å². The number of hydrogen-bond acceptors (Lipinski definition) is 5. The summed E-state index contributed by atoms with van der Waals surface area (Å²) in [5.41, 5.74) is 8.50. The average Bonchev–Trinajstić information content (AvgIpc) is 2.61. The van der Waals surface area contributed by atoms with Crippen LogP contribution in [0.2, 0.25) is 0 Å². The van der Waals surface area contributed by atoms with E-state index in [0.29, 0.717) is 11.2 Å². The van der Waals surface area contributed by atoms with Crippen molar-refractivity contribution in [1.82, 2.24) is 4.98 Å². The van der Waals surface area contributed by atoms with Crippen molar-refractivity contribution in [2.75, 3.05) is 24.3 Å². The Morgan fingerprint density at radius 2 is 1.84 bits per heavy atom. The maximum atomic E-state index is 11.7. The lowest BCUT2D eigenvalue weighted by Crippen LogP contribution is -2.16. The van der Waals surface area contributed by atoms with Gasteiger partial charge in [-0.05, 0) is 30.3 Å². The fourth-order valence-corrected chi connectivity index (χ4v) is 2.62. The lowest BCUT2D eigenvalue weighted by atomic mass is 10.1. The van der Waals surface area contributed by atoms with Crippen molar-refractivity contribution in [2.45, 2.75) is 0 Å². The smallest absolute Gasteiger partial charge is 0.268 e. The van der Waals surface area contributed by atoms with E-state index in [4.69, 9.17) is 5.73 Å². The van der Waals surface area contributed by atoms with Crippen LogP contribution in [0.4, 0.5) is 17.1 Å². The number of primary amides is 1. The molecule has 0 saturated carbocycles. The van der Waals surface area contributed by atoms with Gasteiger partial charge < -0.3 is 16.0 Å². The number of para-hydroxylation sites is 1. The molecule has 6 nitrogen and oxygen atoms in total. The summed E-state index contributed by atoms with van der Waals surface area (Å²) < 4.78 is 0. The SMILES string of the molecule is CN(C)c1ccc(Nc2c(C#N)c(C(N)=O)nc3ccccc23)cc1. The van der Waals surface area contributed by atoms with Gasteiger partial charge in [-0.3, -0.25) is 4.79 Å². The van der Waals surface area contributed by atoms with Gasteiger partial charge in [0.2, 0.25) is 0 Å². The molecule has 25 heavy (non-hydrogen) atoms. The Morgan fingerprint density at radius 3 is 2.44 bits per heavy atom. The maximum absolute atomic E-state index is 11.7. The molecule has 1 aromatic heterocycles. The highest BCUT2D eigenvalue weighted by molar-refractivity contribution is 6.04. The molecule has 3 rings (SSSR count). The number of aromatic nitrogens is 1. The van der Waals surface area contributed by atoms with Gasteiger partial charge >= 0.3 is 0 Å². The number of nitrogens with two attached hydrogens (primary N) is 1. The van der Waals surface area contributed by atoms with Crippen molar-refractivity contribution >= 4 is 33.9 Å². The van der Waals surface area contributed by atoms with Crippen LogP contribution in [-0.4, -0.2) is 25.0 Å². The van der Waals surface area contributed by atoms with E-state index in [9.17, 15) is 10.1 Å². The highest BCUT2D eigenvalue weighted by Gasteiger charge is 2.18. The summed E-state index contributed by atoms with van der Waals surface area (Å²) in [5, 5.41) is 13.5. The van der Waals surface area contributed by atoms with E-state index < -0.39 is 5.91 Å².